The van der Waals surface area contributed by atoms with Gasteiger partial charge >= 0.3 is 0 Å². The number of aromatic nitrogens is 2. The van der Waals surface area contributed by atoms with Gasteiger partial charge in [0.25, 0.3) is 5.91 Å². The zero-order valence-electron chi connectivity index (χ0n) is 11.5. The predicted molar refractivity (Wildman–Crippen MR) is 73.7 cm³/mol. The van der Waals surface area contributed by atoms with Crippen molar-refractivity contribution < 1.29 is 9.59 Å². The molecule has 0 bridgehead atoms. The molecule has 3 N–H and O–H groups in total. The van der Waals surface area contributed by atoms with Crippen LogP contribution in [0.5, 0.6) is 0 Å². The van der Waals surface area contributed by atoms with Crippen LogP contribution >= 0.6 is 0 Å². The van der Waals surface area contributed by atoms with Crippen LogP contribution < -0.4 is 11.1 Å². The quantitative estimate of drug-likeness (QED) is 0.766. The molecule has 0 aliphatic carbocycles. The average Bonchev–Trinajstić information content (AvgIpc) is 2.73. The lowest BCUT2D eigenvalue weighted by atomic mass is 10.1. The molecule has 104 valence electrons. The topological polar surface area (TPSA) is 90.0 Å². The molecule has 0 spiro atoms. The van der Waals surface area contributed by atoms with Gasteiger partial charge in [0.2, 0.25) is 5.91 Å². The van der Waals surface area contributed by atoms with Crippen molar-refractivity contribution in [1.29, 1.82) is 0 Å². The number of anilines is 1. The Labute approximate surface area is 112 Å². The van der Waals surface area contributed by atoms with E-state index in [-0.39, 0.29) is 23.4 Å². The number of carbonyl (C=O) groups is 2. The molecule has 0 aliphatic heterocycles. The normalized spacial score (nSPS) is 12.2. The minimum absolute atomic E-state index is 0.0121. The molecule has 0 saturated heterocycles. The van der Waals surface area contributed by atoms with E-state index in [0.717, 1.165) is 0 Å². The monoisotopic (exact) mass is 264 g/mol. The highest BCUT2D eigenvalue weighted by atomic mass is 16.2. The summed E-state index contributed by atoms with van der Waals surface area (Å²) in [6.07, 6.45) is 3.61. The molecule has 1 atom stereocenters. The highest BCUT2D eigenvalue weighted by molar-refractivity contribution is 6.02. The molecule has 6 heteroatoms. The zero-order valence-corrected chi connectivity index (χ0v) is 11.5. The van der Waals surface area contributed by atoms with Crippen LogP contribution in [0.3, 0.4) is 0 Å². The van der Waals surface area contributed by atoms with Gasteiger partial charge in [0.1, 0.15) is 11.4 Å². The summed E-state index contributed by atoms with van der Waals surface area (Å²) in [6.45, 7) is 9.20. The number of primary amides is 1. The fourth-order valence-corrected chi connectivity index (χ4v) is 1.66. The van der Waals surface area contributed by atoms with Crippen molar-refractivity contribution in [3.05, 3.63) is 24.4 Å². The van der Waals surface area contributed by atoms with E-state index < -0.39 is 5.91 Å². The maximum absolute atomic E-state index is 12.0. The van der Waals surface area contributed by atoms with Crippen LogP contribution in [-0.2, 0) is 4.79 Å². The summed E-state index contributed by atoms with van der Waals surface area (Å²) < 4.78 is 1.57. The third-order valence-electron chi connectivity index (χ3n) is 2.76. The van der Waals surface area contributed by atoms with E-state index in [1.165, 1.54) is 6.20 Å². The summed E-state index contributed by atoms with van der Waals surface area (Å²) >= 11 is 0. The SMILES string of the molecule is C=CCC(C)C(=O)Nc1c(C(N)=O)cnn1C(C)C. The van der Waals surface area contributed by atoms with Crippen molar-refractivity contribution >= 4 is 17.6 Å². The molecule has 0 fully saturated rings. The molecular weight excluding hydrogens is 244 g/mol. The van der Waals surface area contributed by atoms with Crippen LogP contribution in [0.4, 0.5) is 5.82 Å². The maximum Gasteiger partial charge on any atom is 0.254 e. The van der Waals surface area contributed by atoms with E-state index >= 15 is 0 Å². The van der Waals surface area contributed by atoms with E-state index in [1.54, 1.807) is 17.7 Å². The lowest BCUT2D eigenvalue weighted by Gasteiger charge is -2.15. The molecule has 1 heterocycles. The Morgan fingerprint density at radius 2 is 2.16 bits per heavy atom. The zero-order chi connectivity index (χ0) is 14.6. The van der Waals surface area contributed by atoms with Gasteiger partial charge in [0, 0.05) is 12.0 Å². The standard InChI is InChI=1S/C13H20N4O2/c1-5-6-9(4)13(19)16-12-10(11(14)18)7-15-17(12)8(2)3/h5,7-9H,1,6H2,2-4H3,(H2,14,18)(H,16,19). The fourth-order valence-electron chi connectivity index (χ4n) is 1.66. The number of carbonyl (C=O) groups excluding carboxylic acids is 2. The summed E-state index contributed by atoms with van der Waals surface area (Å²) in [5.41, 5.74) is 5.49. The fraction of sp³-hybridized carbons (Fsp3) is 0.462. The second-order valence-electron chi connectivity index (χ2n) is 4.72. The van der Waals surface area contributed by atoms with Crippen LogP contribution in [0, 0.1) is 5.92 Å². The van der Waals surface area contributed by atoms with E-state index in [9.17, 15) is 9.59 Å². The van der Waals surface area contributed by atoms with Crippen molar-refractivity contribution in [3.8, 4) is 0 Å². The first-order chi connectivity index (χ1) is 8.88. The highest BCUT2D eigenvalue weighted by Gasteiger charge is 2.21. The summed E-state index contributed by atoms with van der Waals surface area (Å²) in [4.78, 5) is 23.3. The van der Waals surface area contributed by atoms with E-state index in [0.29, 0.717) is 12.2 Å². The molecule has 1 aromatic heterocycles. The predicted octanol–water partition coefficient (Wildman–Crippen LogP) is 1.71. The molecule has 2 amide bonds. The molecular formula is C13H20N4O2. The summed E-state index contributed by atoms with van der Waals surface area (Å²) in [5.74, 6) is -0.680. The van der Waals surface area contributed by atoms with Crippen molar-refractivity contribution in [2.75, 3.05) is 5.32 Å². The second-order valence-corrected chi connectivity index (χ2v) is 4.72. The van der Waals surface area contributed by atoms with Gasteiger partial charge < -0.3 is 11.1 Å². The molecule has 0 saturated carbocycles. The molecule has 1 aromatic rings. The van der Waals surface area contributed by atoms with E-state index in [2.05, 4.69) is 17.0 Å². The Bertz CT molecular complexity index is 491. The Morgan fingerprint density at radius 1 is 1.53 bits per heavy atom. The van der Waals surface area contributed by atoms with Gasteiger partial charge in [-0.15, -0.1) is 6.58 Å². The van der Waals surface area contributed by atoms with E-state index in [1.807, 2.05) is 13.8 Å². The summed E-state index contributed by atoms with van der Waals surface area (Å²) in [5, 5.41) is 6.80. The minimum Gasteiger partial charge on any atom is -0.365 e. The van der Waals surface area contributed by atoms with Crippen molar-refractivity contribution in [2.45, 2.75) is 33.2 Å². The number of hydrogen-bond acceptors (Lipinski definition) is 3. The Balaban J connectivity index is 3.04. The van der Waals surface area contributed by atoms with Gasteiger partial charge in [-0.2, -0.15) is 5.10 Å². The van der Waals surface area contributed by atoms with Crippen LogP contribution in [0.2, 0.25) is 0 Å². The largest absolute Gasteiger partial charge is 0.365 e. The van der Waals surface area contributed by atoms with Gasteiger partial charge in [-0.25, -0.2) is 4.68 Å². The average molecular weight is 264 g/mol. The van der Waals surface area contributed by atoms with E-state index in [4.69, 9.17) is 5.73 Å². The number of nitrogens with one attached hydrogen (secondary N) is 1. The number of nitrogens with two attached hydrogens (primary N) is 1. The lowest BCUT2D eigenvalue weighted by molar-refractivity contribution is -0.119. The van der Waals surface area contributed by atoms with Crippen LogP contribution in [-0.4, -0.2) is 21.6 Å². The Hall–Kier alpha value is -2.11. The molecule has 0 radical (unpaired) electrons. The van der Waals surface area contributed by atoms with Crippen LogP contribution in [0.1, 0.15) is 43.6 Å². The third-order valence-corrected chi connectivity index (χ3v) is 2.76. The van der Waals surface area contributed by atoms with Crippen molar-refractivity contribution in [1.82, 2.24) is 9.78 Å². The molecule has 6 nitrogen and oxygen atoms in total. The first kappa shape index (κ1) is 14.9. The smallest absolute Gasteiger partial charge is 0.254 e. The number of hydrogen-bond donors (Lipinski definition) is 2. The molecule has 0 aliphatic rings. The third kappa shape index (κ3) is 3.43. The van der Waals surface area contributed by atoms with Gasteiger partial charge in [-0.3, -0.25) is 9.59 Å². The first-order valence-electron chi connectivity index (χ1n) is 6.17. The first-order valence-corrected chi connectivity index (χ1v) is 6.17. The van der Waals surface area contributed by atoms with Gasteiger partial charge in [-0.1, -0.05) is 13.0 Å². The molecule has 19 heavy (non-hydrogen) atoms. The number of nitrogens with zero attached hydrogens (tertiary/aromatic N) is 2. The summed E-state index contributed by atoms with van der Waals surface area (Å²) in [6, 6.07) is 0.0121. The Morgan fingerprint density at radius 3 is 2.63 bits per heavy atom. The van der Waals surface area contributed by atoms with Crippen molar-refractivity contribution in [2.24, 2.45) is 11.7 Å². The van der Waals surface area contributed by atoms with Gasteiger partial charge in [-0.05, 0) is 20.3 Å². The number of allylic oxidation sites excluding steroid dienone is 1. The summed E-state index contributed by atoms with van der Waals surface area (Å²) in [7, 11) is 0. The van der Waals surface area contributed by atoms with Crippen LogP contribution in [0.15, 0.2) is 18.9 Å². The number of amides is 2. The lowest BCUT2D eigenvalue weighted by Crippen LogP contribution is -2.24. The van der Waals surface area contributed by atoms with Gasteiger partial charge in [0.15, 0.2) is 0 Å². The molecule has 1 unspecified atom stereocenters. The highest BCUT2D eigenvalue weighted by Crippen LogP contribution is 2.20. The van der Waals surface area contributed by atoms with Gasteiger partial charge in [0.05, 0.1) is 6.20 Å². The minimum atomic E-state index is -0.612. The second kappa shape index (κ2) is 6.17. The van der Waals surface area contributed by atoms with Crippen molar-refractivity contribution in [3.63, 3.8) is 0 Å². The Kier molecular flexibility index (Phi) is 4.86. The molecule has 0 aromatic carbocycles. The number of rotatable bonds is 6. The maximum atomic E-state index is 12.0. The molecule has 1 rings (SSSR count). The van der Waals surface area contributed by atoms with Crippen LogP contribution in [0.25, 0.3) is 0 Å².